The zero-order chi connectivity index (χ0) is 12.5. The lowest BCUT2D eigenvalue weighted by Gasteiger charge is -2.32. The number of nitrogens with zero attached hydrogens (tertiary/aromatic N) is 2. The average Bonchev–Trinajstić information content (AvgIpc) is 2.29. The molecule has 0 spiro atoms. The Kier molecular flexibility index (Phi) is 3.38. The number of aryl methyl sites for hydroxylation is 1. The molecular formula is C12H17F2N3. The van der Waals surface area contributed by atoms with Gasteiger partial charge in [-0.1, -0.05) is 19.3 Å². The third-order valence-electron chi connectivity index (χ3n) is 3.29. The Hall–Kier alpha value is -1.10. The molecule has 1 fully saturated rings. The van der Waals surface area contributed by atoms with Crippen molar-refractivity contribution in [1.82, 2.24) is 9.97 Å². The summed E-state index contributed by atoms with van der Waals surface area (Å²) in [7, 11) is 0. The lowest BCUT2D eigenvalue weighted by molar-refractivity contribution is 0.144. The number of hydrogen-bond acceptors (Lipinski definition) is 3. The molecule has 5 heteroatoms. The second kappa shape index (κ2) is 4.64. The maximum absolute atomic E-state index is 12.7. The van der Waals surface area contributed by atoms with Gasteiger partial charge in [0.1, 0.15) is 11.5 Å². The van der Waals surface area contributed by atoms with E-state index in [1.54, 1.807) is 6.92 Å². The first-order chi connectivity index (χ1) is 8.01. The number of nitrogens with two attached hydrogens (primary N) is 1. The lowest BCUT2D eigenvalue weighted by Crippen LogP contribution is -2.40. The van der Waals surface area contributed by atoms with Crippen LogP contribution in [0.5, 0.6) is 0 Å². The van der Waals surface area contributed by atoms with Crippen LogP contribution in [0.15, 0.2) is 6.07 Å². The van der Waals surface area contributed by atoms with E-state index in [-0.39, 0.29) is 5.69 Å². The van der Waals surface area contributed by atoms with Gasteiger partial charge in [-0.15, -0.1) is 0 Å². The normalized spacial score (nSPS) is 19.6. The molecule has 0 bridgehead atoms. The molecule has 0 aliphatic heterocycles. The number of halogens is 2. The highest BCUT2D eigenvalue weighted by Gasteiger charge is 2.33. The van der Waals surface area contributed by atoms with Crippen LogP contribution in [-0.4, -0.2) is 9.97 Å². The van der Waals surface area contributed by atoms with Crippen molar-refractivity contribution in [3.05, 3.63) is 23.3 Å². The summed E-state index contributed by atoms with van der Waals surface area (Å²) < 4.78 is 25.4. The molecule has 0 atom stereocenters. The van der Waals surface area contributed by atoms with E-state index in [9.17, 15) is 8.78 Å². The number of hydrogen-bond donors (Lipinski definition) is 1. The molecule has 3 nitrogen and oxygen atoms in total. The van der Waals surface area contributed by atoms with Gasteiger partial charge in [0.25, 0.3) is 6.43 Å². The minimum Gasteiger partial charge on any atom is -0.319 e. The maximum Gasteiger partial charge on any atom is 0.280 e. The molecule has 0 saturated heterocycles. The van der Waals surface area contributed by atoms with Crippen molar-refractivity contribution >= 4 is 0 Å². The molecule has 94 valence electrons. The fraction of sp³-hybridized carbons (Fsp3) is 0.667. The summed E-state index contributed by atoms with van der Waals surface area (Å²) in [5, 5.41) is 0. The molecule has 0 unspecified atom stereocenters. The van der Waals surface area contributed by atoms with E-state index in [1.807, 2.05) is 0 Å². The van der Waals surface area contributed by atoms with Gasteiger partial charge in [-0.2, -0.15) is 0 Å². The molecular weight excluding hydrogens is 224 g/mol. The largest absolute Gasteiger partial charge is 0.319 e. The SMILES string of the molecule is Cc1cc(C(F)F)nc(C2(N)CCCCC2)n1. The minimum atomic E-state index is -2.57. The Morgan fingerprint density at radius 2 is 1.88 bits per heavy atom. The quantitative estimate of drug-likeness (QED) is 0.866. The van der Waals surface area contributed by atoms with E-state index in [4.69, 9.17) is 5.73 Å². The van der Waals surface area contributed by atoms with E-state index < -0.39 is 12.0 Å². The van der Waals surface area contributed by atoms with Crippen LogP contribution in [0.4, 0.5) is 8.78 Å². The first-order valence-corrected chi connectivity index (χ1v) is 5.94. The van der Waals surface area contributed by atoms with Crippen molar-refractivity contribution in [2.75, 3.05) is 0 Å². The second-order valence-electron chi connectivity index (χ2n) is 4.78. The molecule has 0 aromatic carbocycles. The van der Waals surface area contributed by atoms with Gasteiger partial charge < -0.3 is 5.73 Å². The van der Waals surface area contributed by atoms with Gasteiger partial charge in [-0.25, -0.2) is 18.7 Å². The summed E-state index contributed by atoms with van der Waals surface area (Å²) in [5.74, 6) is 0.382. The van der Waals surface area contributed by atoms with Gasteiger partial charge in [-0.3, -0.25) is 0 Å². The van der Waals surface area contributed by atoms with Crippen molar-refractivity contribution < 1.29 is 8.78 Å². The van der Waals surface area contributed by atoms with E-state index in [1.165, 1.54) is 6.07 Å². The van der Waals surface area contributed by atoms with E-state index >= 15 is 0 Å². The third-order valence-corrected chi connectivity index (χ3v) is 3.29. The molecule has 1 saturated carbocycles. The summed E-state index contributed by atoms with van der Waals surface area (Å²) in [5.41, 5.74) is 5.97. The smallest absolute Gasteiger partial charge is 0.280 e. The zero-order valence-electron chi connectivity index (χ0n) is 9.92. The van der Waals surface area contributed by atoms with Gasteiger partial charge in [-0.05, 0) is 25.8 Å². The average molecular weight is 241 g/mol. The highest BCUT2D eigenvalue weighted by molar-refractivity contribution is 5.16. The van der Waals surface area contributed by atoms with Crippen molar-refractivity contribution in [3.8, 4) is 0 Å². The van der Waals surface area contributed by atoms with Crippen molar-refractivity contribution in [1.29, 1.82) is 0 Å². The van der Waals surface area contributed by atoms with E-state index in [0.717, 1.165) is 32.1 Å². The lowest BCUT2D eigenvalue weighted by atomic mass is 9.82. The maximum atomic E-state index is 12.7. The monoisotopic (exact) mass is 241 g/mol. The fourth-order valence-electron chi connectivity index (χ4n) is 2.33. The van der Waals surface area contributed by atoms with E-state index in [2.05, 4.69) is 9.97 Å². The van der Waals surface area contributed by atoms with Gasteiger partial charge >= 0.3 is 0 Å². The molecule has 2 N–H and O–H groups in total. The molecule has 1 aliphatic rings. The summed E-state index contributed by atoms with van der Waals surface area (Å²) in [6, 6.07) is 1.32. The predicted octanol–water partition coefficient (Wildman–Crippen LogP) is 2.84. The molecule has 0 amide bonds. The standard InChI is InChI=1S/C12H17F2N3/c1-8-7-9(10(13)14)17-11(16-8)12(15)5-3-2-4-6-12/h7,10H,2-6,15H2,1H3. The first-order valence-electron chi connectivity index (χ1n) is 5.94. The van der Waals surface area contributed by atoms with Crippen LogP contribution in [0, 0.1) is 6.92 Å². The molecule has 1 aromatic rings. The summed E-state index contributed by atoms with van der Waals surface area (Å²) in [4.78, 5) is 8.18. The van der Waals surface area contributed by atoms with Crippen LogP contribution in [0.2, 0.25) is 0 Å². The second-order valence-corrected chi connectivity index (χ2v) is 4.78. The van der Waals surface area contributed by atoms with Crippen LogP contribution in [0.25, 0.3) is 0 Å². The van der Waals surface area contributed by atoms with Crippen LogP contribution < -0.4 is 5.73 Å². The molecule has 1 aliphatic carbocycles. The molecule has 1 heterocycles. The Morgan fingerprint density at radius 3 is 2.47 bits per heavy atom. The van der Waals surface area contributed by atoms with Crippen molar-refractivity contribution in [2.45, 2.75) is 51.0 Å². The molecule has 0 radical (unpaired) electrons. The number of aromatic nitrogens is 2. The summed E-state index contributed by atoms with van der Waals surface area (Å²) in [6.07, 6.45) is 2.16. The number of alkyl halides is 2. The highest BCUT2D eigenvalue weighted by atomic mass is 19.3. The van der Waals surface area contributed by atoms with Crippen molar-refractivity contribution in [3.63, 3.8) is 0 Å². The Balaban J connectivity index is 2.37. The van der Waals surface area contributed by atoms with Crippen LogP contribution in [0.1, 0.15) is 55.7 Å². The molecule has 17 heavy (non-hydrogen) atoms. The zero-order valence-corrected chi connectivity index (χ0v) is 9.92. The Morgan fingerprint density at radius 1 is 1.24 bits per heavy atom. The van der Waals surface area contributed by atoms with Gasteiger partial charge in [0.15, 0.2) is 0 Å². The molecule has 2 rings (SSSR count). The third kappa shape index (κ3) is 2.60. The minimum absolute atomic E-state index is 0.220. The predicted molar refractivity (Wildman–Crippen MR) is 60.7 cm³/mol. The molecule has 1 aromatic heterocycles. The van der Waals surface area contributed by atoms with Crippen molar-refractivity contribution in [2.24, 2.45) is 5.73 Å². The summed E-state index contributed by atoms with van der Waals surface area (Å²) >= 11 is 0. The number of rotatable bonds is 2. The van der Waals surface area contributed by atoms with Gasteiger partial charge in [0, 0.05) is 5.69 Å². The summed E-state index contributed by atoms with van der Waals surface area (Å²) in [6.45, 7) is 1.70. The Labute approximate surface area is 99.5 Å². The highest BCUT2D eigenvalue weighted by Crippen LogP contribution is 2.33. The van der Waals surface area contributed by atoms with Crippen LogP contribution >= 0.6 is 0 Å². The van der Waals surface area contributed by atoms with Crippen LogP contribution in [0.3, 0.4) is 0 Å². The van der Waals surface area contributed by atoms with Gasteiger partial charge in [0.2, 0.25) is 0 Å². The fourth-order valence-corrected chi connectivity index (χ4v) is 2.33. The van der Waals surface area contributed by atoms with Crippen LogP contribution in [-0.2, 0) is 5.54 Å². The topological polar surface area (TPSA) is 51.8 Å². The van der Waals surface area contributed by atoms with Gasteiger partial charge in [0.05, 0.1) is 5.54 Å². The Bertz CT molecular complexity index is 401. The first kappa shape index (κ1) is 12.4. The van der Waals surface area contributed by atoms with E-state index in [0.29, 0.717) is 11.5 Å².